The zero-order valence-electron chi connectivity index (χ0n) is 21.9. The van der Waals surface area contributed by atoms with Crippen molar-refractivity contribution in [3.8, 4) is 11.5 Å². The van der Waals surface area contributed by atoms with E-state index in [2.05, 4.69) is 23.3 Å². The summed E-state index contributed by atoms with van der Waals surface area (Å²) in [6.45, 7) is 2.82. The minimum absolute atomic E-state index is 0.147. The van der Waals surface area contributed by atoms with Gasteiger partial charge in [0.05, 0.1) is 6.04 Å². The summed E-state index contributed by atoms with van der Waals surface area (Å²) in [6, 6.07) is 22.3. The van der Waals surface area contributed by atoms with Gasteiger partial charge in [-0.25, -0.2) is 0 Å². The highest BCUT2D eigenvalue weighted by Crippen LogP contribution is 2.44. The van der Waals surface area contributed by atoms with Gasteiger partial charge in [-0.1, -0.05) is 67.9 Å². The molecule has 7 heteroatoms. The highest BCUT2D eigenvalue weighted by molar-refractivity contribution is 5.98. The lowest BCUT2D eigenvalue weighted by Crippen LogP contribution is -2.54. The number of nitrogens with zero attached hydrogens (tertiary/aromatic N) is 1. The summed E-state index contributed by atoms with van der Waals surface area (Å²) in [6.07, 6.45) is 5.63. The third-order valence-corrected chi connectivity index (χ3v) is 7.45. The summed E-state index contributed by atoms with van der Waals surface area (Å²) >= 11 is 0. The summed E-state index contributed by atoms with van der Waals surface area (Å²) in [5, 5.41) is 4.15. The van der Waals surface area contributed by atoms with Crippen LogP contribution in [0.2, 0.25) is 0 Å². The van der Waals surface area contributed by atoms with Gasteiger partial charge in [0.15, 0.2) is 11.5 Å². The molecule has 0 radical (unpaired) electrons. The van der Waals surface area contributed by atoms with Gasteiger partial charge in [0, 0.05) is 35.6 Å². The van der Waals surface area contributed by atoms with Crippen LogP contribution in [0.1, 0.15) is 48.2 Å². The Balaban J connectivity index is 1.49. The number of aromatic nitrogens is 1. The zero-order chi connectivity index (χ0) is 26.8. The number of benzene rings is 3. The van der Waals surface area contributed by atoms with Gasteiger partial charge in [0.25, 0.3) is 0 Å². The molecule has 198 valence electrons. The van der Waals surface area contributed by atoms with Gasteiger partial charge in [-0.15, -0.1) is 0 Å². The summed E-state index contributed by atoms with van der Waals surface area (Å²) < 4.78 is 11.2. The third kappa shape index (κ3) is 4.76. The monoisotopic (exact) mass is 521 g/mol. The molecule has 0 spiro atoms. The average molecular weight is 522 g/mol. The van der Waals surface area contributed by atoms with Crippen LogP contribution in [0.3, 0.4) is 0 Å². The van der Waals surface area contributed by atoms with E-state index >= 15 is 0 Å². The molecule has 2 atom stereocenters. The molecule has 0 saturated carbocycles. The quantitative estimate of drug-likeness (QED) is 0.253. The molecule has 2 aliphatic rings. The maximum absolute atomic E-state index is 14.0. The Hall–Kier alpha value is -4.52. The number of aromatic amines is 1. The molecule has 1 aromatic heterocycles. The molecule has 2 aliphatic heterocycles. The largest absolute Gasteiger partial charge is 0.454 e. The molecular weight excluding hydrogens is 490 g/mol. The van der Waals surface area contributed by atoms with Crippen molar-refractivity contribution >= 4 is 28.8 Å². The molecule has 0 saturated heterocycles. The predicted octanol–water partition coefficient (Wildman–Crippen LogP) is 5.37. The van der Waals surface area contributed by atoms with Crippen LogP contribution in [-0.4, -0.2) is 41.1 Å². The van der Waals surface area contributed by atoms with E-state index in [1.54, 1.807) is 17.1 Å². The molecular formula is C32H31N3O4. The maximum Gasteiger partial charge on any atom is 0.248 e. The number of hydrogen-bond acceptors (Lipinski definition) is 4. The van der Waals surface area contributed by atoms with E-state index in [0.717, 1.165) is 46.1 Å². The standard InChI is InChI=1S/C32H31N3O4/c1-2-3-17-33-32(37)26-19-24-23-11-7-8-12-25(23)34-30(24)31(22-14-15-27-28(18-22)39-20-38-27)35(26)29(36)16-13-21-9-5-4-6-10-21/h4-16,18,26,31,34H,2-3,17,19-20H2,1H3,(H,33,37)/b16-13+/t26-,31-/m1/s1. The molecule has 39 heavy (non-hydrogen) atoms. The maximum atomic E-state index is 14.0. The Morgan fingerprint density at radius 3 is 2.67 bits per heavy atom. The minimum atomic E-state index is -0.683. The Labute approximate surface area is 227 Å². The minimum Gasteiger partial charge on any atom is -0.454 e. The van der Waals surface area contributed by atoms with Gasteiger partial charge in [-0.3, -0.25) is 9.59 Å². The lowest BCUT2D eigenvalue weighted by molar-refractivity contribution is -0.139. The van der Waals surface area contributed by atoms with Crippen molar-refractivity contribution in [1.82, 2.24) is 15.2 Å². The molecule has 3 heterocycles. The van der Waals surface area contributed by atoms with Crippen LogP contribution in [0, 0.1) is 0 Å². The smallest absolute Gasteiger partial charge is 0.248 e. The molecule has 0 bridgehead atoms. The number of amides is 2. The number of carbonyl (C=O) groups excluding carboxylic acids is 2. The fourth-order valence-corrected chi connectivity index (χ4v) is 5.52. The number of para-hydroxylation sites is 1. The SMILES string of the molecule is CCCCNC(=O)[C@H]1Cc2c([nH]c3ccccc23)[C@@H](c2ccc3c(c2)OCO3)N1C(=O)/C=C/c1ccccc1. The van der Waals surface area contributed by atoms with E-state index in [1.165, 1.54) is 0 Å². The second-order valence-electron chi connectivity index (χ2n) is 9.93. The van der Waals surface area contributed by atoms with Crippen LogP contribution >= 0.6 is 0 Å². The van der Waals surface area contributed by atoms with Gasteiger partial charge >= 0.3 is 0 Å². The topological polar surface area (TPSA) is 83.7 Å². The van der Waals surface area contributed by atoms with Gasteiger partial charge in [-0.2, -0.15) is 0 Å². The van der Waals surface area contributed by atoms with Crippen LogP contribution in [0.25, 0.3) is 17.0 Å². The Kier molecular flexibility index (Phi) is 6.80. The van der Waals surface area contributed by atoms with Crippen molar-refractivity contribution < 1.29 is 19.1 Å². The number of hydrogen-bond donors (Lipinski definition) is 2. The normalized spacial score (nSPS) is 17.9. The Morgan fingerprint density at radius 1 is 1.03 bits per heavy atom. The fourth-order valence-electron chi connectivity index (χ4n) is 5.52. The number of H-pyrrole nitrogens is 1. The number of unbranched alkanes of at least 4 members (excludes halogenated alkanes) is 1. The lowest BCUT2D eigenvalue weighted by atomic mass is 9.87. The lowest BCUT2D eigenvalue weighted by Gasteiger charge is -2.41. The summed E-state index contributed by atoms with van der Waals surface area (Å²) in [7, 11) is 0. The van der Waals surface area contributed by atoms with E-state index in [0.29, 0.717) is 24.5 Å². The predicted molar refractivity (Wildman–Crippen MR) is 150 cm³/mol. The molecule has 3 aromatic carbocycles. The molecule has 0 fully saturated rings. The Morgan fingerprint density at radius 2 is 1.82 bits per heavy atom. The van der Waals surface area contributed by atoms with Gasteiger partial charge in [0.1, 0.15) is 6.04 Å². The second-order valence-corrected chi connectivity index (χ2v) is 9.93. The van der Waals surface area contributed by atoms with Crippen molar-refractivity contribution in [2.24, 2.45) is 0 Å². The molecule has 4 aromatic rings. The number of rotatable bonds is 7. The first-order chi connectivity index (χ1) is 19.1. The molecule has 0 unspecified atom stereocenters. The highest BCUT2D eigenvalue weighted by Gasteiger charge is 2.43. The van der Waals surface area contributed by atoms with Crippen molar-refractivity contribution in [3.63, 3.8) is 0 Å². The molecule has 2 N–H and O–H groups in total. The molecule has 6 rings (SSSR count). The van der Waals surface area contributed by atoms with Crippen molar-refractivity contribution in [1.29, 1.82) is 0 Å². The number of fused-ring (bicyclic) bond motifs is 4. The van der Waals surface area contributed by atoms with E-state index in [9.17, 15) is 9.59 Å². The number of nitrogens with one attached hydrogen (secondary N) is 2. The van der Waals surface area contributed by atoms with Crippen molar-refractivity contribution in [2.45, 2.75) is 38.3 Å². The summed E-state index contributed by atoms with van der Waals surface area (Å²) in [5.74, 6) is 0.919. The van der Waals surface area contributed by atoms with Crippen LogP contribution in [0.4, 0.5) is 0 Å². The van der Waals surface area contributed by atoms with E-state index in [1.807, 2.05) is 66.7 Å². The Bertz CT molecular complexity index is 1540. The molecule has 2 amide bonds. The number of carbonyl (C=O) groups is 2. The second kappa shape index (κ2) is 10.7. The van der Waals surface area contributed by atoms with E-state index < -0.39 is 12.1 Å². The molecule has 0 aliphatic carbocycles. The van der Waals surface area contributed by atoms with E-state index in [-0.39, 0.29) is 18.6 Å². The van der Waals surface area contributed by atoms with Crippen LogP contribution in [-0.2, 0) is 16.0 Å². The summed E-state index contributed by atoms with van der Waals surface area (Å²) in [5.41, 5.74) is 4.71. The van der Waals surface area contributed by atoms with Crippen molar-refractivity contribution in [2.75, 3.05) is 13.3 Å². The van der Waals surface area contributed by atoms with Crippen molar-refractivity contribution in [3.05, 3.63) is 101 Å². The first kappa shape index (κ1) is 24.8. The van der Waals surface area contributed by atoms with Gasteiger partial charge in [-0.05, 0) is 47.4 Å². The van der Waals surface area contributed by atoms with E-state index in [4.69, 9.17) is 9.47 Å². The fraction of sp³-hybridized carbons (Fsp3) is 0.250. The highest BCUT2D eigenvalue weighted by atomic mass is 16.7. The van der Waals surface area contributed by atoms with Crippen LogP contribution in [0.5, 0.6) is 11.5 Å². The van der Waals surface area contributed by atoms with Gasteiger partial charge in [0.2, 0.25) is 18.6 Å². The van der Waals surface area contributed by atoms with Gasteiger partial charge < -0.3 is 24.7 Å². The van der Waals surface area contributed by atoms with Crippen LogP contribution in [0.15, 0.2) is 78.9 Å². The third-order valence-electron chi connectivity index (χ3n) is 7.45. The molecule has 7 nitrogen and oxygen atoms in total. The van der Waals surface area contributed by atoms with Crippen LogP contribution < -0.4 is 14.8 Å². The number of ether oxygens (including phenoxy) is 2. The zero-order valence-corrected chi connectivity index (χ0v) is 21.9. The average Bonchev–Trinajstić information content (AvgIpc) is 3.59. The summed E-state index contributed by atoms with van der Waals surface area (Å²) in [4.78, 5) is 33.1. The first-order valence-corrected chi connectivity index (χ1v) is 13.5. The first-order valence-electron chi connectivity index (χ1n) is 13.5.